The molecule has 0 aliphatic rings. The minimum absolute atomic E-state index is 0.0207. The second-order valence-corrected chi connectivity index (χ2v) is 4.69. The summed E-state index contributed by atoms with van der Waals surface area (Å²) in [5.41, 5.74) is 0.844. The van der Waals surface area contributed by atoms with E-state index in [0.29, 0.717) is 6.61 Å². The largest absolute Gasteiger partial charge is 0.494 e. The number of aliphatic hydroxyl groups excluding tert-OH is 2. The molecule has 0 spiro atoms. The smallest absolute Gasteiger partial charge is 0.119 e. The minimum Gasteiger partial charge on any atom is -0.494 e. The fraction of sp³-hybridized carbons (Fsp3) is 0.600. The summed E-state index contributed by atoms with van der Waals surface area (Å²) in [6.07, 6.45) is 0.230. The van der Waals surface area contributed by atoms with Crippen molar-refractivity contribution >= 4 is 0 Å². The van der Waals surface area contributed by atoms with E-state index >= 15 is 0 Å². The molecule has 0 heterocycles. The Balaban J connectivity index is 2.62. The number of rotatable bonds is 8. The van der Waals surface area contributed by atoms with Gasteiger partial charge in [0.1, 0.15) is 5.75 Å². The lowest BCUT2D eigenvalue weighted by Gasteiger charge is -2.25. The molecule has 1 aromatic rings. The Bertz CT molecular complexity index is 349. The molecule has 0 amide bonds. The van der Waals surface area contributed by atoms with Crippen LogP contribution in [0.1, 0.15) is 38.9 Å². The van der Waals surface area contributed by atoms with Crippen LogP contribution in [-0.2, 0) is 0 Å². The van der Waals surface area contributed by atoms with E-state index in [0.717, 1.165) is 17.7 Å². The Hall–Kier alpha value is -1.10. The third kappa shape index (κ3) is 4.82. The lowest BCUT2D eigenvalue weighted by molar-refractivity contribution is 0.118. The maximum absolute atomic E-state index is 10.3. The molecule has 4 nitrogen and oxygen atoms in total. The molecular weight excluding hydrogens is 242 g/mol. The predicted octanol–water partition coefficient (Wildman–Crippen LogP) is 1.87. The summed E-state index contributed by atoms with van der Waals surface area (Å²) in [4.78, 5) is 0. The topological polar surface area (TPSA) is 61.7 Å². The fourth-order valence-electron chi connectivity index (χ4n) is 1.98. The second kappa shape index (κ2) is 8.15. The molecule has 0 saturated carbocycles. The highest BCUT2D eigenvalue weighted by Gasteiger charge is 2.18. The third-order valence-electron chi connectivity index (χ3n) is 3.22. The number of hydrogen-bond donors (Lipinski definition) is 3. The summed E-state index contributed by atoms with van der Waals surface area (Å²) < 4.78 is 5.37. The standard InChI is InChI=1S/C15H25NO3/c1-4-13(10-17)16-11(3)15(18)12-6-8-14(9-7-12)19-5-2/h6-9,11,13,15-18H,4-5,10H2,1-3H3. The number of aliphatic hydroxyl groups is 2. The molecule has 3 unspecified atom stereocenters. The lowest BCUT2D eigenvalue weighted by Crippen LogP contribution is -2.41. The summed E-state index contributed by atoms with van der Waals surface area (Å²) in [5, 5.41) is 22.6. The van der Waals surface area contributed by atoms with Crippen LogP contribution in [0.4, 0.5) is 0 Å². The molecule has 0 aliphatic carbocycles. The molecule has 19 heavy (non-hydrogen) atoms. The van der Waals surface area contributed by atoms with Crippen LogP contribution in [0.2, 0.25) is 0 Å². The van der Waals surface area contributed by atoms with Crippen molar-refractivity contribution in [1.29, 1.82) is 0 Å². The van der Waals surface area contributed by atoms with Crippen molar-refractivity contribution in [2.24, 2.45) is 0 Å². The Kier molecular flexibility index (Phi) is 6.84. The Morgan fingerprint density at radius 3 is 2.32 bits per heavy atom. The predicted molar refractivity (Wildman–Crippen MR) is 76.3 cm³/mol. The van der Waals surface area contributed by atoms with Crippen LogP contribution >= 0.6 is 0 Å². The van der Waals surface area contributed by atoms with E-state index in [2.05, 4.69) is 5.32 Å². The van der Waals surface area contributed by atoms with Crippen molar-refractivity contribution < 1.29 is 14.9 Å². The molecule has 4 heteroatoms. The fourth-order valence-corrected chi connectivity index (χ4v) is 1.98. The van der Waals surface area contributed by atoms with Gasteiger partial charge in [0.25, 0.3) is 0 Å². The molecule has 1 aromatic carbocycles. The zero-order valence-electron chi connectivity index (χ0n) is 12.0. The van der Waals surface area contributed by atoms with Gasteiger partial charge in [-0.3, -0.25) is 0 Å². The van der Waals surface area contributed by atoms with E-state index in [1.807, 2.05) is 45.0 Å². The third-order valence-corrected chi connectivity index (χ3v) is 3.22. The molecule has 0 radical (unpaired) electrons. The van der Waals surface area contributed by atoms with Gasteiger partial charge in [-0.25, -0.2) is 0 Å². The highest BCUT2D eigenvalue weighted by atomic mass is 16.5. The van der Waals surface area contributed by atoms with E-state index in [9.17, 15) is 5.11 Å². The number of nitrogens with one attached hydrogen (secondary N) is 1. The van der Waals surface area contributed by atoms with E-state index in [-0.39, 0.29) is 18.7 Å². The van der Waals surface area contributed by atoms with E-state index in [1.54, 1.807) is 0 Å². The van der Waals surface area contributed by atoms with Crippen LogP contribution in [0.15, 0.2) is 24.3 Å². The van der Waals surface area contributed by atoms with Crippen LogP contribution in [0, 0.1) is 0 Å². The second-order valence-electron chi connectivity index (χ2n) is 4.69. The minimum atomic E-state index is -0.601. The first-order valence-electron chi connectivity index (χ1n) is 6.90. The highest BCUT2D eigenvalue weighted by Crippen LogP contribution is 2.20. The SMILES string of the molecule is CCOc1ccc(C(O)C(C)NC(CC)CO)cc1. The molecule has 0 aromatic heterocycles. The average molecular weight is 267 g/mol. The molecular formula is C15H25NO3. The number of hydrogen-bond acceptors (Lipinski definition) is 4. The average Bonchev–Trinajstić information content (AvgIpc) is 2.45. The van der Waals surface area contributed by atoms with E-state index in [1.165, 1.54) is 0 Å². The van der Waals surface area contributed by atoms with Gasteiger partial charge in [-0.2, -0.15) is 0 Å². The highest BCUT2D eigenvalue weighted by molar-refractivity contribution is 5.29. The van der Waals surface area contributed by atoms with Gasteiger partial charge in [-0.15, -0.1) is 0 Å². The molecule has 0 saturated heterocycles. The van der Waals surface area contributed by atoms with Gasteiger partial charge in [0, 0.05) is 12.1 Å². The molecule has 0 bridgehead atoms. The van der Waals surface area contributed by atoms with Gasteiger partial charge in [0.15, 0.2) is 0 Å². The zero-order chi connectivity index (χ0) is 14.3. The van der Waals surface area contributed by atoms with Crippen LogP contribution in [0.5, 0.6) is 5.75 Å². The van der Waals surface area contributed by atoms with Gasteiger partial charge in [0.2, 0.25) is 0 Å². The van der Waals surface area contributed by atoms with Crippen LogP contribution in [-0.4, -0.2) is 35.5 Å². The summed E-state index contributed by atoms with van der Waals surface area (Å²) in [6, 6.07) is 7.36. The molecule has 1 rings (SSSR count). The Morgan fingerprint density at radius 1 is 1.21 bits per heavy atom. The zero-order valence-corrected chi connectivity index (χ0v) is 12.0. The lowest BCUT2D eigenvalue weighted by atomic mass is 10.0. The van der Waals surface area contributed by atoms with Crippen LogP contribution < -0.4 is 10.1 Å². The summed E-state index contributed by atoms with van der Waals surface area (Å²) in [7, 11) is 0. The van der Waals surface area contributed by atoms with Crippen molar-refractivity contribution in [1.82, 2.24) is 5.32 Å². The molecule has 3 atom stereocenters. The maximum atomic E-state index is 10.3. The van der Waals surface area contributed by atoms with Gasteiger partial charge in [0.05, 0.1) is 19.3 Å². The monoisotopic (exact) mass is 267 g/mol. The number of ether oxygens (including phenoxy) is 1. The first kappa shape index (κ1) is 16.0. The van der Waals surface area contributed by atoms with Crippen molar-refractivity contribution in [3.05, 3.63) is 29.8 Å². The molecule has 3 N–H and O–H groups in total. The van der Waals surface area contributed by atoms with E-state index < -0.39 is 6.10 Å². The quantitative estimate of drug-likeness (QED) is 0.673. The van der Waals surface area contributed by atoms with Crippen molar-refractivity contribution in [2.45, 2.75) is 45.4 Å². The van der Waals surface area contributed by atoms with Crippen molar-refractivity contribution in [3.63, 3.8) is 0 Å². The van der Waals surface area contributed by atoms with Gasteiger partial charge >= 0.3 is 0 Å². The van der Waals surface area contributed by atoms with Crippen LogP contribution in [0.3, 0.4) is 0 Å². The van der Waals surface area contributed by atoms with E-state index in [4.69, 9.17) is 9.84 Å². The first-order chi connectivity index (χ1) is 9.12. The summed E-state index contributed by atoms with van der Waals surface area (Å²) in [5.74, 6) is 0.806. The first-order valence-corrected chi connectivity index (χ1v) is 6.90. The maximum Gasteiger partial charge on any atom is 0.119 e. The normalized spacial score (nSPS) is 15.8. The van der Waals surface area contributed by atoms with Gasteiger partial charge in [-0.05, 0) is 38.0 Å². The van der Waals surface area contributed by atoms with Gasteiger partial charge < -0.3 is 20.3 Å². The molecule has 108 valence electrons. The summed E-state index contributed by atoms with van der Waals surface area (Å²) >= 11 is 0. The Morgan fingerprint density at radius 2 is 1.84 bits per heavy atom. The van der Waals surface area contributed by atoms with Crippen molar-refractivity contribution in [3.8, 4) is 5.75 Å². The molecule has 0 aliphatic heterocycles. The summed E-state index contributed by atoms with van der Waals surface area (Å²) in [6.45, 7) is 6.57. The van der Waals surface area contributed by atoms with Crippen molar-refractivity contribution in [2.75, 3.05) is 13.2 Å². The molecule has 0 fully saturated rings. The number of benzene rings is 1. The Labute approximate surface area is 115 Å². The van der Waals surface area contributed by atoms with Gasteiger partial charge in [-0.1, -0.05) is 19.1 Å². The van der Waals surface area contributed by atoms with Crippen LogP contribution in [0.25, 0.3) is 0 Å².